The molecule has 0 amide bonds. The van der Waals surface area contributed by atoms with Gasteiger partial charge in [-0.3, -0.25) is 9.36 Å². The highest BCUT2D eigenvalue weighted by Gasteiger charge is 2.04. The molecule has 0 fully saturated rings. The molecule has 1 heterocycles. The van der Waals surface area contributed by atoms with Crippen molar-refractivity contribution < 1.29 is 0 Å². The highest BCUT2D eigenvalue weighted by molar-refractivity contribution is 9.10. The minimum absolute atomic E-state index is 0.0329. The van der Waals surface area contributed by atoms with Crippen LogP contribution >= 0.6 is 15.9 Å². The van der Waals surface area contributed by atoms with Gasteiger partial charge in [-0.05, 0) is 35.9 Å². The lowest BCUT2D eigenvalue weighted by Gasteiger charge is -2.05. The summed E-state index contributed by atoms with van der Waals surface area (Å²) >= 11 is 3.44. The fourth-order valence-electron chi connectivity index (χ4n) is 2.17. The maximum Gasteiger partial charge on any atom is 0.261 e. The van der Waals surface area contributed by atoms with Crippen LogP contribution in [0.1, 0.15) is 11.4 Å². The first-order valence-electron chi connectivity index (χ1n) is 6.54. The number of fused-ring (bicyclic) bond motifs is 1. The van der Waals surface area contributed by atoms with E-state index in [0.717, 1.165) is 15.6 Å². The number of rotatable bonds is 2. The maximum atomic E-state index is 12.3. The van der Waals surface area contributed by atoms with Crippen LogP contribution < -0.4 is 5.56 Å². The van der Waals surface area contributed by atoms with Crippen LogP contribution in [0.3, 0.4) is 0 Å². The number of nitrogens with zero attached hydrogens (tertiary/aromatic N) is 2. The van der Waals surface area contributed by atoms with Crippen molar-refractivity contribution in [3.8, 4) is 0 Å². The van der Waals surface area contributed by atoms with Gasteiger partial charge in [0, 0.05) is 11.5 Å². The van der Waals surface area contributed by atoms with Gasteiger partial charge in [0.25, 0.3) is 5.56 Å². The quantitative estimate of drug-likeness (QED) is 0.709. The highest BCUT2D eigenvalue weighted by atomic mass is 79.9. The maximum absolute atomic E-state index is 12.3. The van der Waals surface area contributed by atoms with Crippen molar-refractivity contribution in [3.63, 3.8) is 0 Å². The minimum atomic E-state index is -0.0329. The Kier molecular flexibility index (Phi) is 3.71. The van der Waals surface area contributed by atoms with E-state index in [4.69, 9.17) is 0 Å². The predicted molar refractivity (Wildman–Crippen MR) is 90.1 cm³/mol. The Bertz CT molecular complexity index is 897. The van der Waals surface area contributed by atoms with Gasteiger partial charge < -0.3 is 0 Å². The number of para-hydroxylation sites is 1. The van der Waals surface area contributed by atoms with Crippen LogP contribution in [0.4, 0.5) is 0 Å². The molecule has 3 nitrogen and oxygen atoms in total. The number of aromatic nitrogens is 2. The van der Waals surface area contributed by atoms with E-state index in [-0.39, 0.29) is 5.56 Å². The summed E-state index contributed by atoms with van der Waals surface area (Å²) in [6.45, 7) is 0. The van der Waals surface area contributed by atoms with Crippen LogP contribution in [0.15, 0.2) is 57.8 Å². The van der Waals surface area contributed by atoms with E-state index in [1.54, 1.807) is 17.7 Å². The molecular weight excluding hydrogens is 328 g/mol. The van der Waals surface area contributed by atoms with Gasteiger partial charge in [0.1, 0.15) is 5.82 Å². The number of hydrogen-bond acceptors (Lipinski definition) is 2. The minimum Gasteiger partial charge on any atom is -0.296 e. The van der Waals surface area contributed by atoms with Crippen LogP contribution in [0, 0.1) is 0 Å². The summed E-state index contributed by atoms with van der Waals surface area (Å²) in [5.41, 5.74) is 1.73. The molecule has 0 atom stereocenters. The molecule has 3 rings (SSSR count). The van der Waals surface area contributed by atoms with Crippen molar-refractivity contribution in [1.29, 1.82) is 0 Å². The number of hydrogen-bond donors (Lipinski definition) is 0. The smallest absolute Gasteiger partial charge is 0.261 e. The molecule has 4 heteroatoms. The van der Waals surface area contributed by atoms with E-state index in [2.05, 4.69) is 20.9 Å². The third kappa shape index (κ3) is 2.81. The summed E-state index contributed by atoms with van der Waals surface area (Å²) in [4.78, 5) is 16.8. The normalized spacial score (nSPS) is 11.3. The number of halogens is 1. The first-order chi connectivity index (χ1) is 10.1. The van der Waals surface area contributed by atoms with Crippen molar-refractivity contribution in [2.75, 3.05) is 0 Å². The molecule has 3 aromatic rings. The van der Waals surface area contributed by atoms with E-state index >= 15 is 0 Å². The van der Waals surface area contributed by atoms with Gasteiger partial charge in [-0.1, -0.05) is 46.3 Å². The Balaban J connectivity index is 2.09. The summed E-state index contributed by atoms with van der Waals surface area (Å²) in [6, 6.07) is 15.3. The van der Waals surface area contributed by atoms with Crippen molar-refractivity contribution in [3.05, 3.63) is 74.7 Å². The Labute approximate surface area is 130 Å². The molecule has 0 spiro atoms. The summed E-state index contributed by atoms with van der Waals surface area (Å²) in [7, 11) is 1.74. The molecule has 1 aromatic heterocycles. The molecule has 2 aromatic carbocycles. The van der Waals surface area contributed by atoms with Crippen LogP contribution in [-0.2, 0) is 7.05 Å². The van der Waals surface area contributed by atoms with Gasteiger partial charge in [-0.15, -0.1) is 0 Å². The molecule has 0 saturated heterocycles. The highest BCUT2D eigenvalue weighted by Crippen LogP contribution is 2.14. The topological polar surface area (TPSA) is 34.9 Å². The van der Waals surface area contributed by atoms with Crippen molar-refractivity contribution in [2.45, 2.75) is 0 Å². The Morgan fingerprint density at radius 1 is 1.10 bits per heavy atom. The van der Waals surface area contributed by atoms with Crippen molar-refractivity contribution in [2.24, 2.45) is 7.05 Å². The zero-order valence-electron chi connectivity index (χ0n) is 11.5. The van der Waals surface area contributed by atoms with Crippen LogP contribution in [0.25, 0.3) is 23.1 Å². The molecule has 0 N–H and O–H groups in total. The lowest BCUT2D eigenvalue weighted by Crippen LogP contribution is -2.20. The fraction of sp³-hybridized carbons (Fsp3) is 0.0588. The monoisotopic (exact) mass is 340 g/mol. The van der Waals surface area contributed by atoms with E-state index in [9.17, 15) is 4.79 Å². The molecule has 0 saturated carbocycles. The first-order valence-corrected chi connectivity index (χ1v) is 7.34. The SMILES string of the molecule is Cn1c(/C=C/c2cccc(Br)c2)nc2ccccc2c1=O. The van der Waals surface area contributed by atoms with Gasteiger partial charge in [0.2, 0.25) is 0 Å². The molecule has 21 heavy (non-hydrogen) atoms. The molecule has 0 radical (unpaired) electrons. The van der Waals surface area contributed by atoms with Crippen LogP contribution in [-0.4, -0.2) is 9.55 Å². The summed E-state index contributed by atoms with van der Waals surface area (Å²) in [5.74, 6) is 0.638. The van der Waals surface area contributed by atoms with Crippen LogP contribution in [0.5, 0.6) is 0 Å². The first kappa shape index (κ1) is 13.8. The average molecular weight is 341 g/mol. The molecule has 104 valence electrons. The van der Waals surface area contributed by atoms with Gasteiger partial charge >= 0.3 is 0 Å². The average Bonchev–Trinajstić information content (AvgIpc) is 2.50. The Morgan fingerprint density at radius 2 is 1.90 bits per heavy atom. The zero-order chi connectivity index (χ0) is 14.8. The Morgan fingerprint density at radius 3 is 2.71 bits per heavy atom. The standard InChI is InChI=1S/C17H13BrN2O/c1-20-16(10-9-12-5-4-6-13(18)11-12)19-15-8-3-2-7-14(15)17(20)21/h2-11H,1H3/b10-9+. The lowest BCUT2D eigenvalue weighted by atomic mass is 10.2. The van der Waals surface area contributed by atoms with Crippen molar-refractivity contribution in [1.82, 2.24) is 9.55 Å². The number of benzene rings is 2. The molecule has 0 aliphatic carbocycles. The molecule has 0 aliphatic rings. The van der Waals surface area contributed by atoms with Gasteiger partial charge in [0.15, 0.2) is 0 Å². The molecule has 0 bridgehead atoms. The summed E-state index contributed by atoms with van der Waals surface area (Å²) in [5, 5.41) is 0.639. The third-order valence-corrected chi connectivity index (χ3v) is 3.78. The second-order valence-electron chi connectivity index (χ2n) is 4.74. The van der Waals surface area contributed by atoms with Gasteiger partial charge in [-0.25, -0.2) is 4.98 Å². The fourth-order valence-corrected chi connectivity index (χ4v) is 2.58. The second-order valence-corrected chi connectivity index (χ2v) is 5.66. The molecular formula is C17H13BrN2O. The molecule has 0 unspecified atom stereocenters. The largest absolute Gasteiger partial charge is 0.296 e. The Hall–Kier alpha value is -2.20. The van der Waals surface area contributed by atoms with E-state index < -0.39 is 0 Å². The van der Waals surface area contributed by atoms with E-state index in [1.807, 2.05) is 54.6 Å². The summed E-state index contributed by atoms with van der Waals surface area (Å²) < 4.78 is 2.58. The van der Waals surface area contributed by atoms with Crippen molar-refractivity contribution >= 4 is 39.0 Å². The van der Waals surface area contributed by atoms with E-state index in [1.165, 1.54) is 0 Å². The third-order valence-electron chi connectivity index (χ3n) is 3.29. The lowest BCUT2D eigenvalue weighted by molar-refractivity contribution is 0.828. The van der Waals surface area contributed by atoms with E-state index in [0.29, 0.717) is 11.2 Å². The van der Waals surface area contributed by atoms with Crippen LogP contribution in [0.2, 0.25) is 0 Å². The second kappa shape index (κ2) is 5.66. The van der Waals surface area contributed by atoms with Gasteiger partial charge in [0.05, 0.1) is 10.9 Å². The zero-order valence-corrected chi connectivity index (χ0v) is 13.0. The van der Waals surface area contributed by atoms with Gasteiger partial charge in [-0.2, -0.15) is 0 Å². The summed E-state index contributed by atoms with van der Waals surface area (Å²) in [6.07, 6.45) is 3.80. The predicted octanol–water partition coefficient (Wildman–Crippen LogP) is 3.87. The molecule has 0 aliphatic heterocycles.